The van der Waals surface area contributed by atoms with Crippen molar-refractivity contribution in [2.24, 2.45) is 0 Å². The van der Waals surface area contributed by atoms with Crippen LogP contribution in [0.2, 0.25) is 0 Å². The van der Waals surface area contributed by atoms with Gasteiger partial charge in [-0.1, -0.05) is 25.1 Å². The molecule has 0 bridgehead atoms. The lowest BCUT2D eigenvalue weighted by Crippen LogP contribution is -2.48. The molecule has 1 amide bonds. The Morgan fingerprint density at radius 1 is 1.31 bits per heavy atom. The highest BCUT2D eigenvalue weighted by atomic mass is 32.1. The van der Waals surface area contributed by atoms with Gasteiger partial charge in [0, 0.05) is 23.9 Å². The number of amides is 1. The van der Waals surface area contributed by atoms with Gasteiger partial charge in [0.2, 0.25) is 0 Å². The second-order valence-corrected chi connectivity index (χ2v) is 7.42. The van der Waals surface area contributed by atoms with E-state index >= 15 is 0 Å². The molecule has 3 heterocycles. The number of methoxy groups -OCH3 is 1. The van der Waals surface area contributed by atoms with E-state index in [0.717, 1.165) is 39.3 Å². The Hall–Kier alpha value is -2.44. The third-order valence-corrected chi connectivity index (χ3v) is 5.70. The molecule has 1 aliphatic heterocycles. The standard InChI is InChI=1S/C20H21N3O2S/c1-4-15-22-17-16-13(11-25-3)10-12(2)21-19(16)26-18(17)20(24)23(15)14-8-6-5-7-9-14/h5-10,15,22H,4,11H2,1-3H3/t15-/m0/s1. The van der Waals surface area contributed by atoms with Crippen molar-refractivity contribution in [3.05, 3.63) is 52.5 Å². The molecule has 1 aromatic carbocycles. The number of nitrogens with zero attached hydrogens (tertiary/aromatic N) is 2. The van der Waals surface area contributed by atoms with Crippen LogP contribution in [0.5, 0.6) is 0 Å². The number of fused-ring (bicyclic) bond motifs is 3. The van der Waals surface area contributed by atoms with E-state index in [0.29, 0.717) is 11.5 Å². The number of rotatable bonds is 4. The molecule has 4 rings (SSSR count). The maximum absolute atomic E-state index is 13.3. The number of aryl methyl sites for hydroxylation is 1. The summed E-state index contributed by atoms with van der Waals surface area (Å²) in [6, 6.07) is 11.9. The fraction of sp³-hybridized carbons (Fsp3) is 0.300. The summed E-state index contributed by atoms with van der Waals surface area (Å²) in [5.74, 6) is 0.0285. The maximum atomic E-state index is 13.3. The number of thiophene rings is 1. The van der Waals surface area contributed by atoms with Gasteiger partial charge in [-0.3, -0.25) is 9.69 Å². The highest BCUT2D eigenvalue weighted by molar-refractivity contribution is 7.21. The normalized spacial score (nSPS) is 16.7. The van der Waals surface area contributed by atoms with E-state index in [-0.39, 0.29) is 12.1 Å². The minimum absolute atomic E-state index is 0.0285. The number of carbonyl (C=O) groups excluding carboxylic acids is 1. The highest BCUT2D eigenvalue weighted by Gasteiger charge is 2.35. The average Bonchev–Trinajstić information content (AvgIpc) is 3.01. The lowest BCUT2D eigenvalue weighted by atomic mass is 10.1. The summed E-state index contributed by atoms with van der Waals surface area (Å²) < 4.78 is 5.38. The zero-order chi connectivity index (χ0) is 18.3. The minimum Gasteiger partial charge on any atom is -0.380 e. The van der Waals surface area contributed by atoms with Gasteiger partial charge in [-0.2, -0.15) is 0 Å². The summed E-state index contributed by atoms with van der Waals surface area (Å²) >= 11 is 1.45. The molecule has 0 fully saturated rings. The Morgan fingerprint density at radius 3 is 2.77 bits per heavy atom. The molecular weight excluding hydrogens is 346 g/mol. The second kappa shape index (κ2) is 6.70. The number of hydrogen-bond acceptors (Lipinski definition) is 5. The zero-order valence-corrected chi connectivity index (χ0v) is 15.9. The number of hydrogen-bond donors (Lipinski definition) is 1. The summed E-state index contributed by atoms with van der Waals surface area (Å²) in [6.07, 6.45) is 0.711. The van der Waals surface area contributed by atoms with Crippen LogP contribution in [0.15, 0.2) is 36.4 Å². The van der Waals surface area contributed by atoms with E-state index in [9.17, 15) is 4.79 Å². The maximum Gasteiger partial charge on any atom is 0.272 e. The predicted molar refractivity (Wildman–Crippen MR) is 106 cm³/mol. The van der Waals surface area contributed by atoms with Crippen LogP contribution in [0.3, 0.4) is 0 Å². The topological polar surface area (TPSA) is 54.5 Å². The van der Waals surface area contributed by atoms with Gasteiger partial charge >= 0.3 is 0 Å². The summed E-state index contributed by atoms with van der Waals surface area (Å²) in [5, 5.41) is 4.60. The van der Waals surface area contributed by atoms with Gasteiger partial charge in [0.05, 0.1) is 12.3 Å². The number of carbonyl (C=O) groups is 1. The quantitative estimate of drug-likeness (QED) is 0.734. The molecule has 0 unspecified atom stereocenters. The fourth-order valence-corrected chi connectivity index (χ4v) is 4.69. The summed E-state index contributed by atoms with van der Waals surface area (Å²) in [6.45, 7) is 4.55. The Bertz CT molecular complexity index is 968. The SMILES string of the molecule is CC[C@H]1Nc2c(sc3nc(C)cc(COC)c23)C(=O)N1c1ccccc1. The van der Waals surface area contributed by atoms with E-state index in [2.05, 4.69) is 17.2 Å². The van der Waals surface area contributed by atoms with Gasteiger partial charge in [-0.25, -0.2) is 4.98 Å². The molecule has 1 aliphatic rings. The van der Waals surface area contributed by atoms with Gasteiger partial charge in [0.25, 0.3) is 5.91 Å². The number of aromatic nitrogens is 1. The Morgan fingerprint density at radius 2 is 2.08 bits per heavy atom. The summed E-state index contributed by atoms with van der Waals surface area (Å²) in [7, 11) is 1.69. The van der Waals surface area contributed by atoms with Crippen LogP contribution < -0.4 is 10.2 Å². The second-order valence-electron chi connectivity index (χ2n) is 6.42. The van der Waals surface area contributed by atoms with Crippen LogP contribution in [0.1, 0.15) is 34.3 Å². The molecule has 0 saturated heterocycles. The summed E-state index contributed by atoms with van der Waals surface area (Å²) in [5.41, 5.74) is 3.80. The number of pyridine rings is 1. The fourth-order valence-electron chi connectivity index (χ4n) is 3.52. The molecule has 1 atom stereocenters. The first-order chi connectivity index (χ1) is 12.6. The Kier molecular flexibility index (Phi) is 4.38. The van der Waals surface area contributed by atoms with Gasteiger partial charge < -0.3 is 10.1 Å². The van der Waals surface area contributed by atoms with E-state index in [1.807, 2.05) is 48.2 Å². The molecule has 134 valence electrons. The van der Waals surface area contributed by atoms with E-state index in [4.69, 9.17) is 4.74 Å². The van der Waals surface area contributed by atoms with Crippen molar-refractivity contribution in [1.29, 1.82) is 0 Å². The van der Waals surface area contributed by atoms with Crippen LogP contribution in [-0.2, 0) is 11.3 Å². The zero-order valence-electron chi connectivity index (χ0n) is 15.1. The van der Waals surface area contributed by atoms with Gasteiger partial charge in [0.15, 0.2) is 0 Å². The molecule has 5 nitrogen and oxygen atoms in total. The van der Waals surface area contributed by atoms with Crippen molar-refractivity contribution in [2.45, 2.75) is 33.0 Å². The smallest absolute Gasteiger partial charge is 0.272 e. The number of anilines is 2. The van der Waals surface area contributed by atoms with Crippen molar-refractivity contribution in [3.8, 4) is 0 Å². The number of para-hydroxylation sites is 1. The van der Waals surface area contributed by atoms with E-state index in [1.54, 1.807) is 7.11 Å². The van der Waals surface area contributed by atoms with Crippen molar-refractivity contribution in [1.82, 2.24) is 4.98 Å². The van der Waals surface area contributed by atoms with Crippen molar-refractivity contribution in [3.63, 3.8) is 0 Å². The van der Waals surface area contributed by atoms with E-state index in [1.165, 1.54) is 11.3 Å². The molecule has 0 radical (unpaired) electrons. The van der Waals surface area contributed by atoms with Crippen molar-refractivity contribution >= 4 is 38.8 Å². The molecule has 6 heteroatoms. The Labute approximate surface area is 156 Å². The number of benzene rings is 1. The third kappa shape index (κ3) is 2.66. The molecular formula is C20H21N3O2S. The van der Waals surface area contributed by atoms with Crippen LogP contribution in [0.4, 0.5) is 11.4 Å². The first-order valence-corrected chi connectivity index (χ1v) is 9.52. The number of ether oxygens (including phenoxy) is 1. The van der Waals surface area contributed by atoms with Gasteiger partial charge in [-0.15, -0.1) is 11.3 Å². The molecule has 0 saturated carbocycles. The summed E-state index contributed by atoms with van der Waals surface area (Å²) in [4.78, 5) is 21.4. The highest BCUT2D eigenvalue weighted by Crippen LogP contribution is 2.42. The van der Waals surface area contributed by atoms with Gasteiger partial charge in [0.1, 0.15) is 15.9 Å². The van der Waals surface area contributed by atoms with E-state index < -0.39 is 0 Å². The first-order valence-electron chi connectivity index (χ1n) is 8.71. The van der Waals surface area contributed by atoms with Crippen LogP contribution >= 0.6 is 11.3 Å². The molecule has 3 aromatic rings. The molecule has 2 aromatic heterocycles. The Balaban J connectivity index is 1.90. The first kappa shape index (κ1) is 17.0. The largest absolute Gasteiger partial charge is 0.380 e. The molecule has 26 heavy (non-hydrogen) atoms. The molecule has 0 aliphatic carbocycles. The number of nitrogens with one attached hydrogen (secondary N) is 1. The van der Waals surface area contributed by atoms with Crippen LogP contribution in [-0.4, -0.2) is 24.2 Å². The lowest BCUT2D eigenvalue weighted by Gasteiger charge is -2.36. The third-order valence-electron chi connectivity index (χ3n) is 4.63. The van der Waals surface area contributed by atoms with Crippen molar-refractivity contribution in [2.75, 3.05) is 17.3 Å². The van der Waals surface area contributed by atoms with Crippen LogP contribution in [0, 0.1) is 6.92 Å². The average molecular weight is 367 g/mol. The predicted octanol–water partition coefficient (Wildman–Crippen LogP) is 4.56. The monoisotopic (exact) mass is 367 g/mol. The molecule has 1 N–H and O–H groups in total. The minimum atomic E-state index is -0.0908. The molecule has 0 spiro atoms. The lowest BCUT2D eigenvalue weighted by molar-refractivity contribution is 0.0978. The van der Waals surface area contributed by atoms with Crippen molar-refractivity contribution < 1.29 is 9.53 Å². The van der Waals surface area contributed by atoms with Crippen LogP contribution in [0.25, 0.3) is 10.2 Å². The van der Waals surface area contributed by atoms with Gasteiger partial charge in [-0.05, 0) is 37.1 Å².